The number of benzene rings is 1. The average Bonchev–Trinajstić information content (AvgIpc) is 2.37. The van der Waals surface area contributed by atoms with E-state index in [1.807, 2.05) is 25.7 Å². The smallest absolute Gasteiger partial charge is 0.377 e. The van der Waals surface area contributed by atoms with Gasteiger partial charge in [0.25, 0.3) is 5.79 Å². The van der Waals surface area contributed by atoms with Crippen molar-refractivity contribution in [3.8, 4) is 0 Å². The second kappa shape index (κ2) is 5.45. The normalized spacial score (nSPS) is 23.4. The molecule has 7 heteroatoms. The first-order valence-electron chi connectivity index (χ1n) is 6.70. The number of nitrogens with zero attached hydrogens (tertiary/aromatic N) is 1. The SMILES string of the molecule is C[Si](C)(C)OC1(c2ccccc2)CCC(C(F)(F)F)=NO1. The molecule has 1 aromatic carbocycles. The number of alkyl halides is 3. The van der Waals surface area contributed by atoms with Crippen molar-refractivity contribution in [3.05, 3.63) is 35.9 Å². The highest BCUT2D eigenvalue weighted by atomic mass is 28.4. The summed E-state index contributed by atoms with van der Waals surface area (Å²) in [6, 6.07) is 9.01. The topological polar surface area (TPSA) is 30.8 Å². The van der Waals surface area contributed by atoms with Gasteiger partial charge in [-0.15, -0.1) is 0 Å². The van der Waals surface area contributed by atoms with Crippen molar-refractivity contribution in [2.24, 2.45) is 5.16 Å². The van der Waals surface area contributed by atoms with E-state index in [0.717, 1.165) is 0 Å². The average molecular weight is 317 g/mol. The maximum Gasteiger partial charge on any atom is 0.432 e. The highest BCUT2D eigenvalue weighted by Crippen LogP contribution is 2.40. The molecule has 0 aromatic heterocycles. The maximum atomic E-state index is 12.7. The molecule has 2 rings (SSSR count). The Morgan fingerprint density at radius 2 is 1.81 bits per heavy atom. The van der Waals surface area contributed by atoms with Gasteiger partial charge in [0.05, 0.1) is 0 Å². The van der Waals surface area contributed by atoms with Crippen LogP contribution in [0, 0.1) is 0 Å². The lowest BCUT2D eigenvalue weighted by atomic mass is 9.98. The molecule has 0 radical (unpaired) electrons. The van der Waals surface area contributed by atoms with Crippen molar-refractivity contribution in [1.29, 1.82) is 0 Å². The van der Waals surface area contributed by atoms with Crippen molar-refractivity contribution < 1.29 is 22.4 Å². The molecule has 1 unspecified atom stereocenters. The van der Waals surface area contributed by atoms with Crippen LogP contribution in [0.15, 0.2) is 35.5 Å². The van der Waals surface area contributed by atoms with Gasteiger partial charge >= 0.3 is 6.18 Å². The first-order valence-corrected chi connectivity index (χ1v) is 10.1. The van der Waals surface area contributed by atoms with E-state index in [9.17, 15) is 13.2 Å². The summed E-state index contributed by atoms with van der Waals surface area (Å²) in [7, 11) is -2.04. The molecule has 0 N–H and O–H groups in total. The van der Waals surface area contributed by atoms with Crippen molar-refractivity contribution in [1.82, 2.24) is 0 Å². The summed E-state index contributed by atoms with van der Waals surface area (Å²) in [5.74, 6) is -1.22. The van der Waals surface area contributed by atoms with Crippen molar-refractivity contribution >= 4 is 14.0 Å². The molecule has 0 fully saturated rings. The fourth-order valence-corrected chi connectivity index (χ4v) is 3.46. The molecule has 0 spiro atoms. The Bertz CT molecular complexity index is 525. The molecule has 3 nitrogen and oxygen atoms in total. The van der Waals surface area contributed by atoms with Gasteiger partial charge in [-0.05, 0) is 19.6 Å². The molecule has 116 valence electrons. The first kappa shape index (κ1) is 16.0. The van der Waals surface area contributed by atoms with Gasteiger partial charge in [-0.25, -0.2) is 0 Å². The minimum atomic E-state index is -4.46. The third kappa shape index (κ3) is 3.85. The number of halogens is 3. The van der Waals surface area contributed by atoms with Gasteiger partial charge in [0, 0.05) is 18.4 Å². The number of hydrogen-bond donors (Lipinski definition) is 0. The summed E-state index contributed by atoms with van der Waals surface area (Å²) in [5, 5.41) is 3.30. The van der Waals surface area contributed by atoms with E-state index in [2.05, 4.69) is 5.16 Å². The van der Waals surface area contributed by atoms with Crippen LogP contribution in [0.1, 0.15) is 18.4 Å². The number of oxime groups is 1. The third-order valence-corrected chi connectivity index (χ3v) is 3.95. The summed E-state index contributed by atoms with van der Waals surface area (Å²) >= 11 is 0. The predicted octanol–water partition coefficient (Wildman–Crippen LogP) is 4.42. The summed E-state index contributed by atoms with van der Waals surface area (Å²) in [6.45, 7) is 5.89. The van der Waals surface area contributed by atoms with Gasteiger partial charge in [-0.2, -0.15) is 13.2 Å². The van der Waals surface area contributed by atoms with Crippen molar-refractivity contribution in [2.45, 2.75) is 44.4 Å². The monoisotopic (exact) mass is 317 g/mol. The summed E-state index contributed by atoms with van der Waals surface area (Å²) in [4.78, 5) is 5.25. The highest BCUT2D eigenvalue weighted by Gasteiger charge is 2.47. The van der Waals surface area contributed by atoms with E-state index in [-0.39, 0.29) is 12.8 Å². The van der Waals surface area contributed by atoms with Crippen LogP contribution in [-0.2, 0) is 15.1 Å². The highest BCUT2D eigenvalue weighted by molar-refractivity contribution is 6.69. The van der Waals surface area contributed by atoms with E-state index in [1.165, 1.54) is 0 Å². The number of hydrogen-bond acceptors (Lipinski definition) is 3. The molecule has 1 atom stereocenters. The van der Waals surface area contributed by atoms with Crippen LogP contribution < -0.4 is 0 Å². The standard InChI is InChI=1S/C14H18F3NO2Si/c1-21(2,3)20-13(11-7-5-4-6-8-11)10-9-12(18-19-13)14(15,16)17/h4-8H,9-10H2,1-3H3. The molecular formula is C14H18F3NO2Si. The largest absolute Gasteiger partial charge is 0.432 e. The summed E-state index contributed by atoms with van der Waals surface area (Å²) in [5.41, 5.74) is -0.203. The van der Waals surface area contributed by atoms with Crippen LogP contribution in [0.25, 0.3) is 0 Å². The van der Waals surface area contributed by atoms with E-state index < -0.39 is 26.0 Å². The van der Waals surface area contributed by atoms with E-state index in [1.54, 1.807) is 24.3 Å². The van der Waals surface area contributed by atoms with Gasteiger partial charge in [0.15, 0.2) is 14.0 Å². The molecular weight excluding hydrogens is 299 g/mol. The fraction of sp³-hybridized carbons (Fsp3) is 0.500. The minimum absolute atomic E-state index is 0.0969. The Hall–Kier alpha value is -1.34. The molecule has 0 aliphatic carbocycles. The van der Waals surface area contributed by atoms with Crippen LogP contribution in [0.4, 0.5) is 13.2 Å². The quantitative estimate of drug-likeness (QED) is 0.773. The Morgan fingerprint density at radius 3 is 2.24 bits per heavy atom. The van der Waals surface area contributed by atoms with Gasteiger partial charge in [-0.3, -0.25) is 0 Å². The van der Waals surface area contributed by atoms with Gasteiger partial charge in [-0.1, -0.05) is 35.5 Å². The lowest BCUT2D eigenvalue weighted by molar-refractivity contribution is -0.213. The molecule has 0 bridgehead atoms. The molecule has 1 aromatic rings. The van der Waals surface area contributed by atoms with Crippen LogP contribution in [0.5, 0.6) is 0 Å². The Labute approximate surface area is 122 Å². The van der Waals surface area contributed by atoms with Crippen molar-refractivity contribution in [3.63, 3.8) is 0 Å². The molecule has 1 aliphatic rings. The third-order valence-electron chi connectivity index (χ3n) is 3.01. The predicted molar refractivity (Wildman–Crippen MR) is 76.4 cm³/mol. The second-order valence-electron chi connectivity index (χ2n) is 5.96. The van der Waals surface area contributed by atoms with E-state index in [0.29, 0.717) is 5.56 Å². The van der Waals surface area contributed by atoms with Gasteiger partial charge < -0.3 is 9.26 Å². The lowest BCUT2D eigenvalue weighted by Crippen LogP contribution is -2.45. The molecule has 0 saturated heterocycles. The van der Waals surface area contributed by atoms with Crippen LogP contribution in [0.3, 0.4) is 0 Å². The fourth-order valence-electron chi connectivity index (χ4n) is 2.21. The van der Waals surface area contributed by atoms with Crippen LogP contribution in [0.2, 0.25) is 19.6 Å². The minimum Gasteiger partial charge on any atom is -0.377 e. The maximum absolute atomic E-state index is 12.7. The van der Waals surface area contributed by atoms with Crippen molar-refractivity contribution in [2.75, 3.05) is 0 Å². The Balaban J connectivity index is 2.35. The molecule has 0 saturated carbocycles. The summed E-state index contributed by atoms with van der Waals surface area (Å²) in [6.07, 6.45) is -4.58. The molecule has 21 heavy (non-hydrogen) atoms. The van der Waals surface area contributed by atoms with E-state index in [4.69, 9.17) is 9.26 Å². The van der Waals surface area contributed by atoms with Crippen LogP contribution >= 0.6 is 0 Å². The van der Waals surface area contributed by atoms with E-state index >= 15 is 0 Å². The van der Waals surface area contributed by atoms with Crippen LogP contribution in [-0.4, -0.2) is 20.2 Å². The second-order valence-corrected chi connectivity index (χ2v) is 10.4. The summed E-state index contributed by atoms with van der Waals surface area (Å²) < 4.78 is 44.1. The zero-order chi connectivity index (χ0) is 15.7. The lowest BCUT2D eigenvalue weighted by Gasteiger charge is -2.39. The molecule has 1 aliphatic heterocycles. The Kier molecular flexibility index (Phi) is 4.16. The van der Waals surface area contributed by atoms with Gasteiger partial charge in [0.2, 0.25) is 0 Å². The molecule has 0 amide bonds. The van der Waals surface area contributed by atoms with Gasteiger partial charge in [0.1, 0.15) is 0 Å². The molecule has 1 heterocycles. The first-order chi connectivity index (χ1) is 9.62. The number of rotatable bonds is 3. The zero-order valence-electron chi connectivity index (χ0n) is 12.2. The zero-order valence-corrected chi connectivity index (χ0v) is 13.2. The Morgan fingerprint density at radius 1 is 1.19 bits per heavy atom.